The zero-order valence-electron chi connectivity index (χ0n) is 16.6. The van der Waals surface area contributed by atoms with E-state index < -0.39 is 0 Å². The molecule has 7 heteroatoms. The lowest BCUT2D eigenvalue weighted by Crippen LogP contribution is -2.48. The Balaban J connectivity index is 1.32. The molecular formula is C21H29N5O2. The number of likely N-dealkylation sites (tertiary alicyclic amines) is 2. The van der Waals surface area contributed by atoms with Gasteiger partial charge in [0.1, 0.15) is 17.9 Å². The summed E-state index contributed by atoms with van der Waals surface area (Å²) in [6, 6.07) is 9.55. The van der Waals surface area contributed by atoms with Crippen LogP contribution in [0.5, 0.6) is 5.75 Å². The number of hydrogen-bond donors (Lipinski definition) is 0. The number of carbonyl (C=O) groups is 1. The summed E-state index contributed by atoms with van der Waals surface area (Å²) in [6.07, 6.45) is 5.03. The van der Waals surface area contributed by atoms with Gasteiger partial charge >= 0.3 is 0 Å². The van der Waals surface area contributed by atoms with Crippen molar-refractivity contribution >= 4 is 5.91 Å². The quantitative estimate of drug-likeness (QED) is 0.765. The third kappa shape index (κ3) is 4.19. The molecule has 2 aliphatic heterocycles. The van der Waals surface area contributed by atoms with E-state index in [9.17, 15) is 4.79 Å². The molecule has 1 aromatic carbocycles. The number of benzene rings is 1. The van der Waals surface area contributed by atoms with Crippen LogP contribution in [0.25, 0.3) is 0 Å². The van der Waals surface area contributed by atoms with E-state index in [-0.39, 0.29) is 17.9 Å². The van der Waals surface area contributed by atoms with Gasteiger partial charge in [0.2, 0.25) is 0 Å². The van der Waals surface area contributed by atoms with E-state index in [1.165, 1.54) is 6.42 Å². The maximum Gasteiger partial charge on any atom is 0.260 e. The fraction of sp³-hybridized carbons (Fsp3) is 0.571. The van der Waals surface area contributed by atoms with Crippen molar-refractivity contribution in [1.29, 1.82) is 0 Å². The lowest BCUT2D eigenvalue weighted by molar-refractivity contribution is -0.136. The van der Waals surface area contributed by atoms with Crippen molar-refractivity contribution in [2.24, 2.45) is 5.41 Å². The molecular weight excluding hydrogens is 354 g/mol. The summed E-state index contributed by atoms with van der Waals surface area (Å²) < 4.78 is 7.63. The van der Waals surface area contributed by atoms with E-state index in [2.05, 4.69) is 21.9 Å². The molecule has 0 aliphatic carbocycles. The number of hydrogen-bond acceptors (Lipinski definition) is 5. The summed E-state index contributed by atoms with van der Waals surface area (Å²) in [5.41, 5.74) is 0.206. The van der Waals surface area contributed by atoms with Crippen LogP contribution < -0.4 is 4.74 Å². The summed E-state index contributed by atoms with van der Waals surface area (Å²) in [5, 5.41) is 4.27. The molecule has 1 amide bonds. The molecule has 3 heterocycles. The van der Waals surface area contributed by atoms with Crippen LogP contribution in [0.4, 0.5) is 0 Å². The van der Waals surface area contributed by atoms with Gasteiger partial charge in [0.05, 0.1) is 6.54 Å². The largest absolute Gasteiger partial charge is 0.484 e. The average molecular weight is 383 g/mol. The molecule has 7 nitrogen and oxygen atoms in total. The molecule has 0 bridgehead atoms. The Morgan fingerprint density at radius 1 is 1.18 bits per heavy atom. The highest BCUT2D eigenvalue weighted by Crippen LogP contribution is 2.39. The first kappa shape index (κ1) is 18.9. The Kier molecular flexibility index (Phi) is 5.62. The lowest BCUT2D eigenvalue weighted by Gasteiger charge is -2.40. The van der Waals surface area contributed by atoms with Crippen LogP contribution in [-0.4, -0.2) is 63.3 Å². The number of aryl methyl sites for hydroxylation is 1. The maximum atomic E-state index is 12.7. The van der Waals surface area contributed by atoms with Gasteiger partial charge in [-0.2, -0.15) is 5.10 Å². The first-order valence-corrected chi connectivity index (χ1v) is 10.2. The van der Waals surface area contributed by atoms with Crippen molar-refractivity contribution in [3.63, 3.8) is 0 Å². The molecule has 2 aromatic rings. The molecule has 0 radical (unpaired) electrons. The van der Waals surface area contributed by atoms with Gasteiger partial charge in [0.15, 0.2) is 6.61 Å². The van der Waals surface area contributed by atoms with Gasteiger partial charge in [-0.1, -0.05) is 18.2 Å². The number of piperidine rings is 1. The highest BCUT2D eigenvalue weighted by Gasteiger charge is 2.42. The second kappa shape index (κ2) is 8.31. The van der Waals surface area contributed by atoms with Crippen LogP contribution in [0.3, 0.4) is 0 Å². The fourth-order valence-corrected chi connectivity index (χ4v) is 4.54. The van der Waals surface area contributed by atoms with E-state index >= 15 is 0 Å². The van der Waals surface area contributed by atoms with Gasteiger partial charge in [-0.25, -0.2) is 9.67 Å². The minimum Gasteiger partial charge on any atom is -0.484 e. The zero-order valence-corrected chi connectivity index (χ0v) is 16.6. The molecule has 0 unspecified atom stereocenters. The van der Waals surface area contributed by atoms with Crippen LogP contribution in [0.1, 0.15) is 32.0 Å². The Labute approximate surface area is 166 Å². The van der Waals surface area contributed by atoms with E-state index in [0.717, 1.165) is 63.7 Å². The normalized spacial score (nSPS) is 22.7. The van der Waals surface area contributed by atoms with Gasteiger partial charge in [0.25, 0.3) is 5.91 Å². The topological polar surface area (TPSA) is 63.5 Å². The summed E-state index contributed by atoms with van der Waals surface area (Å²) in [5.74, 6) is 1.86. The molecule has 1 spiro atoms. The molecule has 2 fully saturated rings. The molecule has 4 rings (SSSR count). The molecule has 1 aromatic heterocycles. The van der Waals surface area contributed by atoms with Crippen molar-refractivity contribution in [1.82, 2.24) is 24.6 Å². The number of carbonyl (C=O) groups excluding carboxylic acids is 1. The molecule has 0 N–H and O–H groups in total. The molecule has 2 saturated heterocycles. The van der Waals surface area contributed by atoms with Crippen molar-refractivity contribution in [2.75, 3.05) is 32.8 Å². The fourth-order valence-electron chi connectivity index (χ4n) is 4.54. The van der Waals surface area contributed by atoms with Gasteiger partial charge < -0.3 is 9.64 Å². The molecule has 2 aliphatic rings. The Morgan fingerprint density at radius 3 is 2.86 bits per heavy atom. The van der Waals surface area contributed by atoms with Crippen molar-refractivity contribution in [3.05, 3.63) is 42.5 Å². The maximum absolute atomic E-state index is 12.7. The second-order valence-corrected chi connectivity index (χ2v) is 7.97. The SMILES string of the molecule is CCn1ncnc1CN1CC[C@@]2(CCCN(C(=O)COc3ccccc3)C2)C1. The monoisotopic (exact) mass is 383 g/mol. The smallest absolute Gasteiger partial charge is 0.260 e. The minimum absolute atomic E-state index is 0.0899. The number of ether oxygens (including phenoxy) is 1. The predicted octanol–water partition coefficient (Wildman–Crippen LogP) is 2.19. The summed E-state index contributed by atoms with van der Waals surface area (Å²) >= 11 is 0. The van der Waals surface area contributed by atoms with Gasteiger partial charge in [-0.05, 0) is 44.9 Å². The Hall–Kier alpha value is -2.41. The van der Waals surface area contributed by atoms with Crippen LogP contribution in [0.15, 0.2) is 36.7 Å². The average Bonchev–Trinajstić information content (AvgIpc) is 3.34. The highest BCUT2D eigenvalue weighted by molar-refractivity contribution is 5.78. The van der Waals surface area contributed by atoms with E-state index in [1.54, 1.807) is 6.33 Å². The molecule has 150 valence electrons. The number of nitrogens with zero attached hydrogens (tertiary/aromatic N) is 5. The summed E-state index contributed by atoms with van der Waals surface area (Å²) in [7, 11) is 0. The minimum atomic E-state index is 0.0899. The standard InChI is InChI=1S/C21H29N5O2/c1-2-26-19(22-17-23-26)13-24-12-10-21(15-24)9-6-11-25(16-21)20(27)14-28-18-7-4-3-5-8-18/h3-5,7-8,17H,2,6,9-16H2,1H3/t21-/m0/s1. The number of amides is 1. The van der Waals surface area contributed by atoms with E-state index in [1.807, 2.05) is 39.9 Å². The molecule has 28 heavy (non-hydrogen) atoms. The second-order valence-electron chi connectivity index (χ2n) is 7.97. The highest BCUT2D eigenvalue weighted by atomic mass is 16.5. The summed E-state index contributed by atoms with van der Waals surface area (Å²) in [6.45, 7) is 7.63. The third-order valence-corrected chi connectivity index (χ3v) is 6.00. The Bertz CT molecular complexity index is 793. The van der Waals surface area contributed by atoms with E-state index in [0.29, 0.717) is 0 Å². The van der Waals surface area contributed by atoms with Gasteiger partial charge in [-0.15, -0.1) is 0 Å². The lowest BCUT2D eigenvalue weighted by atomic mass is 9.79. The first-order valence-electron chi connectivity index (χ1n) is 10.2. The molecule has 1 atom stereocenters. The third-order valence-electron chi connectivity index (χ3n) is 6.00. The van der Waals surface area contributed by atoms with Crippen molar-refractivity contribution in [2.45, 2.75) is 39.3 Å². The zero-order chi connectivity index (χ0) is 19.4. The van der Waals surface area contributed by atoms with Crippen LogP contribution in [0, 0.1) is 5.41 Å². The molecule has 0 saturated carbocycles. The number of aromatic nitrogens is 3. The van der Waals surface area contributed by atoms with Crippen LogP contribution in [-0.2, 0) is 17.9 Å². The number of rotatable bonds is 6. The van der Waals surface area contributed by atoms with Crippen molar-refractivity contribution in [3.8, 4) is 5.75 Å². The Morgan fingerprint density at radius 2 is 2.04 bits per heavy atom. The van der Waals surface area contributed by atoms with Gasteiger partial charge in [0, 0.05) is 31.6 Å². The predicted molar refractivity (Wildman–Crippen MR) is 106 cm³/mol. The first-order chi connectivity index (χ1) is 13.7. The van der Waals surface area contributed by atoms with Crippen LogP contribution >= 0.6 is 0 Å². The van der Waals surface area contributed by atoms with E-state index in [4.69, 9.17) is 4.74 Å². The van der Waals surface area contributed by atoms with Crippen molar-refractivity contribution < 1.29 is 9.53 Å². The van der Waals surface area contributed by atoms with Gasteiger partial charge in [-0.3, -0.25) is 9.69 Å². The van der Waals surface area contributed by atoms with Crippen LogP contribution in [0.2, 0.25) is 0 Å². The summed E-state index contributed by atoms with van der Waals surface area (Å²) in [4.78, 5) is 21.6. The number of para-hydroxylation sites is 1.